The van der Waals surface area contributed by atoms with E-state index in [1.807, 2.05) is 59.3 Å². The van der Waals surface area contributed by atoms with Gasteiger partial charge >= 0.3 is 0 Å². The quantitative estimate of drug-likeness (QED) is 0.564. The third-order valence-electron chi connectivity index (χ3n) is 4.23. The van der Waals surface area contributed by atoms with Crippen LogP contribution in [0.3, 0.4) is 0 Å². The van der Waals surface area contributed by atoms with Crippen molar-refractivity contribution in [2.45, 2.75) is 13.0 Å². The fraction of sp³-hybridized carbons (Fsp3) is 0.150. The zero-order valence-electron chi connectivity index (χ0n) is 14.2. The lowest BCUT2D eigenvalue weighted by molar-refractivity contribution is 0.0954. The van der Waals surface area contributed by atoms with Crippen molar-refractivity contribution in [1.82, 2.24) is 24.8 Å². The lowest BCUT2D eigenvalue weighted by atomic mass is 10.1. The molecule has 1 amide bonds. The van der Waals surface area contributed by atoms with Gasteiger partial charge in [0.2, 0.25) is 0 Å². The summed E-state index contributed by atoms with van der Waals surface area (Å²) in [4.78, 5) is 24.1. The average Bonchev–Trinajstić information content (AvgIpc) is 3.31. The summed E-state index contributed by atoms with van der Waals surface area (Å²) < 4.78 is 1.99. The molecule has 6 heteroatoms. The van der Waals surface area contributed by atoms with Crippen LogP contribution in [0.25, 0.3) is 11.0 Å². The standard InChI is InChI=1S/C20H19N5O/c26-20(16-7-5-15(6-8-16)13-25-12-11-21-14-25)22-10-9-19-23-17-3-1-2-4-18(17)24-19/h1-8,11-12,14H,9-10,13H2,(H,22,26)(H,23,24). The van der Waals surface area contributed by atoms with Crippen LogP contribution in [0.1, 0.15) is 21.7 Å². The summed E-state index contributed by atoms with van der Waals surface area (Å²) in [5.41, 5.74) is 3.75. The van der Waals surface area contributed by atoms with Gasteiger partial charge in [-0.25, -0.2) is 9.97 Å². The average molecular weight is 345 g/mol. The number of nitrogens with one attached hydrogen (secondary N) is 2. The van der Waals surface area contributed by atoms with E-state index < -0.39 is 0 Å². The first-order valence-electron chi connectivity index (χ1n) is 8.54. The van der Waals surface area contributed by atoms with Gasteiger partial charge in [-0.2, -0.15) is 0 Å². The van der Waals surface area contributed by atoms with Crippen molar-refractivity contribution in [2.75, 3.05) is 6.54 Å². The molecule has 4 rings (SSSR count). The second-order valence-corrected chi connectivity index (χ2v) is 6.14. The number of carbonyl (C=O) groups is 1. The van der Waals surface area contributed by atoms with Crippen LogP contribution in [0, 0.1) is 0 Å². The van der Waals surface area contributed by atoms with Gasteiger partial charge < -0.3 is 14.9 Å². The molecule has 0 aliphatic rings. The Labute approximate surface area is 150 Å². The topological polar surface area (TPSA) is 75.6 Å². The Morgan fingerprint density at radius 2 is 1.96 bits per heavy atom. The minimum Gasteiger partial charge on any atom is -0.352 e. The van der Waals surface area contributed by atoms with Crippen molar-refractivity contribution >= 4 is 16.9 Å². The van der Waals surface area contributed by atoms with Crippen LogP contribution < -0.4 is 5.32 Å². The summed E-state index contributed by atoms with van der Waals surface area (Å²) in [7, 11) is 0. The number of fused-ring (bicyclic) bond motifs is 1. The van der Waals surface area contributed by atoms with Crippen LogP contribution in [0.2, 0.25) is 0 Å². The number of para-hydroxylation sites is 2. The first-order valence-corrected chi connectivity index (χ1v) is 8.54. The van der Waals surface area contributed by atoms with Crippen LogP contribution in [0.5, 0.6) is 0 Å². The van der Waals surface area contributed by atoms with E-state index in [1.54, 1.807) is 12.5 Å². The monoisotopic (exact) mass is 345 g/mol. The number of aromatic nitrogens is 4. The first kappa shape index (κ1) is 16.1. The van der Waals surface area contributed by atoms with Crippen molar-refractivity contribution in [2.24, 2.45) is 0 Å². The van der Waals surface area contributed by atoms with E-state index in [2.05, 4.69) is 20.3 Å². The molecule has 4 aromatic rings. The second kappa shape index (κ2) is 7.23. The van der Waals surface area contributed by atoms with Gasteiger partial charge in [-0.3, -0.25) is 4.79 Å². The van der Waals surface area contributed by atoms with Crippen molar-refractivity contribution in [1.29, 1.82) is 0 Å². The van der Waals surface area contributed by atoms with E-state index in [0.29, 0.717) is 18.5 Å². The van der Waals surface area contributed by atoms with Gasteiger partial charge in [-0.05, 0) is 29.8 Å². The lowest BCUT2D eigenvalue weighted by Crippen LogP contribution is -2.25. The number of aromatic amines is 1. The third kappa shape index (κ3) is 3.64. The fourth-order valence-electron chi connectivity index (χ4n) is 2.87. The number of amides is 1. The number of carbonyl (C=O) groups excluding carboxylic acids is 1. The number of imidazole rings is 2. The summed E-state index contributed by atoms with van der Waals surface area (Å²) in [6.45, 7) is 1.28. The van der Waals surface area contributed by atoms with E-state index in [0.717, 1.165) is 29.0 Å². The van der Waals surface area contributed by atoms with Gasteiger partial charge in [0.05, 0.1) is 17.4 Å². The highest BCUT2D eigenvalue weighted by Gasteiger charge is 2.07. The number of rotatable bonds is 6. The maximum atomic E-state index is 12.3. The van der Waals surface area contributed by atoms with Gasteiger partial charge in [0, 0.05) is 37.5 Å². The van der Waals surface area contributed by atoms with E-state index >= 15 is 0 Å². The van der Waals surface area contributed by atoms with Crippen molar-refractivity contribution < 1.29 is 4.79 Å². The van der Waals surface area contributed by atoms with E-state index in [9.17, 15) is 4.79 Å². The molecule has 0 atom stereocenters. The molecule has 0 aliphatic carbocycles. The molecule has 2 aromatic heterocycles. The molecule has 0 aliphatic heterocycles. The molecule has 0 saturated carbocycles. The van der Waals surface area contributed by atoms with Crippen LogP contribution in [0.4, 0.5) is 0 Å². The fourth-order valence-corrected chi connectivity index (χ4v) is 2.87. The summed E-state index contributed by atoms with van der Waals surface area (Å²) in [6, 6.07) is 15.5. The van der Waals surface area contributed by atoms with E-state index in [1.165, 1.54) is 0 Å². The molecular weight excluding hydrogens is 326 g/mol. The Hall–Kier alpha value is -3.41. The largest absolute Gasteiger partial charge is 0.352 e. The molecule has 2 aromatic carbocycles. The predicted molar refractivity (Wildman–Crippen MR) is 99.9 cm³/mol. The van der Waals surface area contributed by atoms with Crippen LogP contribution in [-0.2, 0) is 13.0 Å². The Morgan fingerprint density at radius 1 is 1.12 bits per heavy atom. The van der Waals surface area contributed by atoms with E-state index in [4.69, 9.17) is 0 Å². The predicted octanol–water partition coefficient (Wildman–Crippen LogP) is 2.78. The SMILES string of the molecule is O=C(NCCc1nc2ccccc2[nH]1)c1ccc(Cn2ccnc2)cc1. The normalized spacial score (nSPS) is 10.9. The third-order valence-corrected chi connectivity index (χ3v) is 4.23. The van der Waals surface area contributed by atoms with Gasteiger partial charge in [0.15, 0.2) is 0 Å². The minimum atomic E-state index is -0.0738. The molecule has 0 bridgehead atoms. The molecule has 2 heterocycles. The minimum absolute atomic E-state index is 0.0738. The molecular formula is C20H19N5O. The number of hydrogen-bond acceptors (Lipinski definition) is 3. The maximum Gasteiger partial charge on any atom is 0.251 e. The zero-order valence-corrected chi connectivity index (χ0v) is 14.2. The molecule has 6 nitrogen and oxygen atoms in total. The number of hydrogen-bond donors (Lipinski definition) is 2. The highest BCUT2D eigenvalue weighted by molar-refractivity contribution is 5.94. The molecule has 2 N–H and O–H groups in total. The van der Waals surface area contributed by atoms with Crippen molar-refractivity contribution in [3.05, 3.63) is 84.2 Å². The molecule has 0 spiro atoms. The summed E-state index contributed by atoms with van der Waals surface area (Å²) in [5.74, 6) is 0.803. The number of benzene rings is 2. The van der Waals surface area contributed by atoms with Crippen molar-refractivity contribution in [3.8, 4) is 0 Å². The van der Waals surface area contributed by atoms with Gasteiger partial charge in [-0.15, -0.1) is 0 Å². The van der Waals surface area contributed by atoms with Gasteiger partial charge in [-0.1, -0.05) is 24.3 Å². The molecule has 0 saturated heterocycles. The molecule has 130 valence electrons. The van der Waals surface area contributed by atoms with E-state index in [-0.39, 0.29) is 5.91 Å². The maximum absolute atomic E-state index is 12.3. The Bertz CT molecular complexity index is 969. The number of nitrogens with zero attached hydrogens (tertiary/aromatic N) is 3. The highest BCUT2D eigenvalue weighted by atomic mass is 16.1. The smallest absolute Gasteiger partial charge is 0.251 e. The van der Waals surface area contributed by atoms with Crippen LogP contribution >= 0.6 is 0 Å². The summed E-state index contributed by atoms with van der Waals surface area (Å²) in [5, 5.41) is 2.94. The Balaban J connectivity index is 1.31. The van der Waals surface area contributed by atoms with Gasteiger partial charge in [0.1, 0.15) is 5.82 Å². The summed E-state index contributed by atoms with van der Waals surface area (Å²) >= 11 is 0. The second-order valence-electron chi connectivity index (χ2n) is 6.14. The Kier molecular flexibility index (Phi) is 4.47. The Morgan fingerprint density at radius 3 is 2.73 bits per heavy atom. The molecule has 0 fully saturated rings. The van der Waals surface area contributed by atoms with Crippen molar-refractivity contribution in [3.63, 3.8) is 0 Å². The lowest BCUT2D eigenvalue weighted by Gasteiger charge is -2.06. The molecule has 26 heavy (non-hydrogen) atoms. The molecule has 0 radical (unpaired) electrons. The zero-order chi connectivity index (χ0) is 17.8. The van der Waals surface area contributed by atoms with Gasteiger partial charge in [0.25, 0.3) is 5.91 Å². The van der Waals surface area contributed by atoms with Crippen LogP contribution in [0.15, 0.2) is 67.3 Å². The molecule has 0 unspecified atom stereocenters. The number of H-pyrrole nitrogens is 1. The first-order chi connectivity index (χ1) is 12.8. The van der Waals surface area contributed by atoms with Crippen LogP contribution in [-0.4, -0.2) is 32.0 Å². The summed E-state index contributed by atoms with van der Waals surface area (Å²) in [6.07, 6.45) is 6.11. The highest BCUT2D eigenvalue weighted by Crippen LogP contribution is 2.10.